The zero-order valence-electron chi connectivity index (χ0n) is 18.8. The van der Waals surface area contributed by atoms with Crippen LogP contribution in [0.2, 0.25) is 5.02 Å². The van der Waals surface area contributed by atoms with Crippen molar-refractivity contribution in [3.8, 4) is 0 Å². The highest BCUT2D eigenvalue weighted by atomic mass is 35.5. The molecule has 1 unspecified atom stereocenters. The molecule has 0 radical (unpaired) electrons. The second kappa shape index (κ2) is 8.91. The minimum absolute atomic E-state index is 0.0167. The molecule has 2 aromatic carbocycles. The minimum atomic E-state index is -0.621. The molecule has 2 aliphatic rings. The standard InChI is InChI=1S/C26H27ClN2O3/c1-15-23(26(31)32-4)24(16-9-11-18(12-10-16)29(2)3)25-21(28-15)13-17(14-22(25)30)19-7-5-6-8-20(19)27/h5-12,17,23-24H,13-14H2,1-4H3/t17-,23?,24-/m1/s1. The van der Waals surface area contributed by atoms with Gasteiger partial charge in [-0.1, -0.05) is 41.9 Å². The lowest BCUT2D eigenvalue weighted by Gasteiger charge is -2.36. The number of benzene rings is 2. The van der Waals surface area contributed by atoms with Crippen LogP contribution in [0.25, 0.3) is 0 Å². The Balaban J connectivity index is 1.80. The summed E-state index contributed by atoms with van der Waals surface area (Å²) < 4.78 is 5.12. The van der Waals surface area contributed by atoms with Gasteiger partial charge in [-0.15, -0.1) is 0 Å². The minimum Gasteiger partial charge on any atom is -0.468 e. The number of carbonyl (C=O) groups excluding carboxylic acids is 2. The van der Waals surface area contributed by atoms with Gasteiger partial charge >= 0.3 is 5.97 Å². The van der Waals surface area contributed by atoms with Crippen molar-refractivity contribution in [3.05, 3.63) is 76.0 Å². The summed E-state index contributed by atoms with van der Waals surface area (Å²) in [6.07, 6.45) is 0.958. The fraction of sp³-hybridized carbons (Fsp3) is 0.346. The lowest BCUT2D eigenvalue weighted by Crippen LogP contribution is -2.37. The number of Topliss-reactive ketones (excluding diaryl/α,β-unsaturated/α-hetero) is 1. The van der Waals surface area contributed by atoms with Crippen LogP contribution in [0.15, 0.2) is 64.8 Å². The van der Waals surface area contributed by atoms with Crippen molar-refractivity contribution in [1.82, 2.24) is 0 Å². The van der Waals surface area contributed by atoms with Gasteiger partial charge in [0, 0.05) is 54.1 Å². The lowest BCUT2D eigenvalue weighted by molar-refractivity contribution is -0.143. The number of anilines is 1. The number of carbonyl (C=O) groups is 2. The van der Waals surface area contributed by atoms with E-state index < -0.39 is 11.8 Å². The Morgan fingerprint density at radius 1 is 1.09 bits per heavy atom. The quantitative estimate of drug-likeness (QED) is 0.604. The van der Waals surface area contributed by atoms with Crippen molar-refractivity contribution in [2.75, 3.05) is 26.1 Å². The third-order valence-corrected chi connectivity index (χ3v) is 6.80. The van der Waals surface area contributed by atoms with Crippen LogP contribution in [-0.4, -0.2) is 38.7 Å². The molecule has 1 aliphatic heterocycles. The zero-order valence-corrected chi connectivity index (χ0v) is 19.5. The molecule has 2 aromatic rings. The summed E-state index contributed by atoms with van der Waals surface area (Å²) in [7, 11) is 5.33. The molecule has 0 spiro atoms. The lowest BCUT2D eigenvalue weighted by atomic mass is 9.69. The Morgan fingerprint density at radius 3 is 2.41 bits per heavy atom. The highest BCUT2D eigenvalue weighted by Crippen LogP contribution is 2.47. The number of aliphatic imine (C=N–C) groups is 1. The van der Waals surface area contributed by atoms with Gasteiger partial charge in [-0.2, -0.15) is 0 Å². The second-order valence-corrected chi connectivity index (χ2v) is 9.04. The Kier molecular flexibility index (Phi) is 6.20. The summed E-state index contributed by atoms with van der Waals surface area (Å²) in [5, 5.41) is 0.661. The van der Waals surface area contributed by atoms with Crippen molar-refractivity contribution in [2.24, 2.45) is 10.9 Å². The largest absolute Gasteiger partial charge is 0.468 e. The highest BCUT2D eigenvalue weighted by Gasteiger charge is 2.44. The Bertz CT molecular complexity index is 1120. The Morgan fingerprint density at radius 2 is 1.78 bits per heavy atom. The molecular formula is C26H27ClN2O3. The predicted octanol–water partition coefficient (Wildman–Crippen LogP) is 5.15. The van der Waals surface area contributed by atoms with E-state index in [9.17, 15) is 9.59 Å². The maximum absolute atomic E-state index is 13.5. The van der Waals surface area contributed by atoms with Crippen LogP contribution in [0.4, 0.5) is 5.69 Å². The van der Waals surface area contributed by atoms with Gasteiger partial charge in [-0.3, -0.25) is 14.6 Å². The summed E-state index contributed by atoms with van der Waals surface area (Å²) in [5.41, 5.74) is 4.98. The second-order valence-electron chi connectivity index (χ2n) is 8.63. The van der Waals surface area contributed by atoms with Crippen molar-refractivity contribution >= 4 is 34.8 Å². The number of methoxy groups -OCH3 is 1. The number of ether oxygens (including phenoxy) is 1. The third-order valence-electron chi connectivity index (χ3n) is 6.46. The van der Waals surface area contributed by atoms with Crippen molar-refractivity contribution in [3.63, 3.8) is 0 Å². The predicted molar refractivity (Wildman–Crippen MR) is 128 cm³/mol. The van der Waals surface area contributed by atoms with Gasteiger partial charge in [0.2, 0.25) is 0 Å². The number of nitrogens with zero attached hydrogens (tertiary/aromatic N) is 2. The summed E-state index contributed by atoms with van der Waals surface area (Å²) in [5.74, 6) is -1.42. The topological polar surface area (TPSA) is 59.0 Å². The van der Waals surface area contributed by atoms with E-state index in [1.165, 1.54) is 7.11 Å². The SMILES string of the molecule is COC(=O)C1C(C)=NC2=C(C(=O)C[C@H](c3ccccc3Cl)C2)[C@@H]1c1ccc(N(C)C)cc1. The first-order valence-corrected chi connectivity index (χ1v) is 11.1. The number of rotatable bonds is 4. The molecule has 5 nitrogen and oxygen atoms in total. The fourth-order valence-corrected chi connectivity index (χ4v) is 5.15. The summed E-state index contributed by atoms with van der Waals surface area (Å²) in [6.45, 7) is 1.84. The first-order valence-electron chi connectivity index (χ1n) is 10.7. The molecule has 166 valence electrons. The molecule has 4 rings (SSSR count). The van der Waals surface area contributed by atoms with Gasteiger partial charge in [0.25, 0.3) is 0 Å². The molecule has 32 heavy (non-hydrogen) atoms. The molecule has 0 amide bonds. The smallest absolute Gasteiger partial charge is 0.315 e. The molecule has 0 saturated heterocycles. The van der Waals surface area contributed by atoms with Crippen LogP contribution in [0.3, 0.4) is 0 Å². The Hall–Kier alpha value is -2.92. The number of hydrogen-bond acceptors (Lipinski definition) is 5. The molecule has 0 bridgehead atoms. The number of allylic oxidation sites excluding steroid dienone is 2. The van der Waals surface area contributed by atoms with Gasteiger partial charge in [0.15, 0.2) is 5.78 Å². The molecular weight excluding hydrogens is 424 g/mol. The van der Waals surface area contributed by atoms with Crippen LogP contribution in [0.1, 0.15) is 42.7 Å². The molecule has 1 aliphatic carbocycles. The number of halogens is 1. The fourth-order valence-electron chi connectivity index (χ4n) is 4.86. The summed E-state index contributed by atoms with van der Waals surface area (Å²) in [4.78, 5) is 33.1. The molecule has 0 aromatic heterocycles. The monoisotopic (exact) mass is 450 g/mol. The molecule has 3 atom stereocenters. The van der Waals surface area contributed by atoms with Gasteiger partial charge < -0.3 is 9.64 Å². The van der Waals surface area contributed by atoms with Crippen molar-refractivity contribution < 1.29 is 14.3 Å². The molecule has 0 saturated carbocycles. The molecule has 0 N–H and O–H groups in total. The average molecular weight is 451 g/mol. The van der Waals surface area contributed by atoms with Gasteiger partial charge in [-0.05, 0) is 48.6 Å². The van der Waals surface area contributed by atoms with Crippen LogP contribution in [0.5, 0.6) is 0 Å². The molecule has 6 heteroatoms. The van der Waals surface area contributed by atoms with E-state index in [-0.39, 0.29) is 17.7 Å². The van der Waals surface area contributed by atoms with Crippen molar-refractivity contribution in [1.29, 1.82) is 0 Å². The van der Waals surface area contributed by atoms with E-state index in [0.29, 0.717) is 29.1 Å². The number of hydrogen-bond donors (Lipinski definition) is 0. The maximum atomic E-state index is 13.5. The van der Waals surface area contributed by atoms with Gasteiger partial charge in [-0.25, -0.2) is 0 Å². The van der Waals surface area contributed by atoms with E-state index in [2.05, 4.69) is 0 Å². The van der Waals surface area contributed by atoms with Crippen LogP contribution >= 0.6 is 11.6 Å². The third kappa shape index (κ3) is 3.97. The first kappa shape index (κ1) is 22.3. The van der Waals surface area contributed by atoms with E-state index >= 15 is 0 Å². The summed E-state index contributed by atoms with van der Waals surface area (Å²) >= 11 is 6.43. The first-order chi connectivity index (χ1) is 15.3. The highest BCUT2D eigenvalue weighted by molar-refractivity contribution is 6.31. The van der Waals surface area contributed by atoms with Gasteiger partial charge in [0.1, 0.15) is 5.92 Å². The van der Waals surface area contributed by atoms with Crippen LogP contribution in [-0.2, 0) is 14.3 Å². The van der Waals surface area contributed by atoms with E-state index in [1.54, 1.807) is 0 Å². The Labute approximate surface area is 193 Å². The average Bonchev–Trinajstić information content (AvgIpc) is 2.78. The van der Waals surface area contributed by atoms with Crippen LogP contribution in [0, 0.1) is 5.92 Å². The van der Waals surface area contributed by atoms with Gasteiger partial charge in [0.05, 0.1) is 7.11 Å². The summed E-state index contributed by atoms with van der Waals surface area (Å²) in [6, 6.07) is 15.6. The van der Waals surface area contributed by atoms with E-state index in [0.717, 1.165) is 22.5 Å². The zero-order chi connectivity index (χ0) is 23.0. The maximum Gasteiger partial charge on any atom is 0.315 e. The molecule has 0 fully saturated rings. The van der Waals surface area contributed by atoms with E-state index in [1.807, 2.05) is 74.4 Å². The molecule has 1 heterocycles. The normalized spacial score (nSPS) is 22.8. The number of esters is 1. The van der Waals surface area contributed by atoms with E-state index in [4.69, 9.17) is 21.3 Å². The van der Waals surface area contributed by atoms with Crippen LogP contribution < -0.4 is 4.90 Å². The van der Waals surface area contributed by atoms with Crippen molar-refractivity contribution in [2.45, 2.75) is 31.6 Å². The number of ketones is 1.